The van der Waals surface area contributed by atoms with Crippen LogP contribution in [0.3, 0.4) is 0 Å². The average Bonchev–Trinajstić information content (AvgIpc) is 2.40. The van der Waals surface area contributed by atoms with Crippen molar-refractivity contribution >= 4 is 5.78 Å². The Balaban J connectivity index is 2.95. The van der Waals surface area contributed by atoms with E-state index in [-0.39, 0.29) is 18.0 Å². The number of hydrogen-bond acceptors (Lipinski definition) is 3. The van der Waals surface area contributed by atoms with Gasteiger partial charge in [-0.1, -0.05) is 26.0 Å². The van der Waals surface area contributed by atoms with E-state index in [1.807, 2.05) is 13.8 Å². The highest BCUT2D eigenvalue weighted by atomic mass is 19.1. The monoisotopic (exact) mass is 253 g/mol. The van der Waals surface area contributed by atoms with Gasteiger partial charge in [-0.2, -0.15) is 0 Å². The zero-order valence-corrected chi connectivity index (χ0v) is 11.1. The maximum Gasteiger partial charge on any atom is 0.168 e. The van der Waals surface area contributed by atoms with E-state index in [1.54, 1.807) is 12.1 Å². The van der Waals surface area contributed by atoms with Crippen molar-refractivity contribution in [3.8, 4) is 5.75 Å². The van der Waals surface area contributed by atoms with Crippen molar-refractivity contribution in [1.82, 2.24) is 0 Å². The fourth-order valence-corrected chi connectivity index (χ4v) is 1.84. The molecule has 0 aromatic heterocycles. The highest BCUT2D eigenvalue weighted by Gasteiger charge is 2.30. The minimum atomic E-state index is -0.866. The number of carbonyl (C=O) groups excluding carboxylic acids is 1. The van der Waals surface area contributed by atoms with Crippen LogP contribution in [0.15, 0.2) is 18.2 Å². The molecule has 0 fully saturated rings. The Morgan fingerprint density at radius 2 is 2.00 bits per heavy atom. The number of carbonyl (C=O) groups is 1. The smallest absolute Gasteiger partial charge is 0.168 e. The molecule has 0 bridgehead atoms. The van der Waals surface area contributed by atoms with Crippen LogP contribution in [-0.2, 0) is 11.2 Å². The van der Waals surface area contributed by atoms with Crippen molar-refractivity contribution in [1.29, 1.82) is 0 Å². The van der Waals surface area contributed by atoms with Gasteiger partial charge in [0.25, 0.3) is 0 Å². The van der Waals surface area contributed by atoms with Crippen molar-refractivity contribution in [2.24, 2.45) is 5.73 Å². The lowest BCUT2D eigenvalue weighted by atomic mass is 9.86. The van der Waals surface area contributed by atoms with E-state index in [9.17, 15) is 9.18 Å². The molecule has 0 unspecified atom stereocenters. The summed E-state index contributed by atoms with van der Waals surface area (Å²) in [7, 11) is 1.40. The van der Waals surface area contributed by atoms with Gasteiger partial charge in [-0.3, -0.25) is 4.79 Å². The number of ether oxygens (including phenoxy) is 1. The van der Waals surface area contributed by atoms with Crippen molar-refractivity contribution in [3.63, 3.8) is 0 Å². The van der Waals surface area contributed by atoms with Crippen LogP contribution in [0.5, 0.6) is 5.75 Å². The first-order valence-corrected chi connectivity index (χ1v) is 6.12. The quantitative estimate of drug-likeness (QED) is 0.847. The van der Waals surface area contributed by atoms with E-state index in [1.165, 1.54) is 13.2 Å². The molecule has 0 saturated carbocycles. The molecular weight excluding hydrogens is 233 g/mol. The third-order valence-electron chi connectivity index (χ3n) is 3.43. The number of halogens is 1. The molecular formula is C14H20FNO2. The van der Waals surface area contributed by atoms with E-state index in [2.05, 4.69) is 0 Å². The summed E-state index contributed by atoms with van der Waals surface area (Å²) in [6, 6.07) is 4.78. The third kappa shape index (κ3) is 2.88. The number of Topliss-reactive ketones (excluding diaryl/α,β-unsaturated/α-hetero) is 1. The fourth-order valence-electron chi connectivity index (χ4n) is 1.84. The molecule has 1 aromatic carbocycles. The molecule has 2 N–H and O–H groups in total. The number of ketones is 1. The van der Waals surface area contributed by atoms with Crippen molar-refractivity contribution < 1.29 is 13.9 Å². The van der Waals surface area contributed by atoms with Crippen LogP contribution in [0.2, 0.25) is 0 Å². The summed E-state index contributed by atoms with van der Waals surface area (Å²) in [5.41, 5.74) is 5.47. The Morgan fingerprint density at radius 1 is 1.39 bits per heavy atom. The van der Waals surface area contributed by atoms with Gasteiger partial charge >= 0.3 is 0 Å². The zero-order valence-electron chi connectivity index (χ0n) is 11.1. The van der Waals surface area contributed by atoms with Gasteiger partial charge in [-0.05, 0) is 24.5 Å². The topological polar surface area (TPSA) is 52.3 Å². The lowest BCUT2D eigenvalue weighted by molar-refractivity contribution is -0.123. The first-order valence-electron chi connectivity index (χ1n) is 6.12. The minimum Gasteiger partial charge on any atom is -0.494 e. The molecule has 0 heterocycles. The third-order valence-corrected chi connectivity index (χ3v) is 3.43. The van der Waals surface area contributed by atoms with E-state index >= 15 is 0 Å². The van der Waals surface area contributed by atoms with Crippen LogP contribution < -0.4 is 10.5 Å². The lowest BCUT2D eigenvalue weighted by Crippen LogP contribution is -2.47. The van der Waals surface area contributed by atoms with E-state index in [4.69, 9.17) is 10.5 Å². The number of nitrogens with two attached hydrogens (primary N) is 1. The number of hydrogen-bond donors (Lipinski definition) is 1. The van der Waals surface area contributed by atoms with Gasteiger partial charge in [0.05, 0.1) is 12.6 Å². The SMILES string of the molecule is CCC(N)(CC)C(=O)Cc1cccc(OC)c1F. The van der Waals surface area contributed by atoms with Crippen molar-refractivity contribution in [2.45, 2.75) is 38.6 Å². The van der Waals surface area contributed by atoms with Crippen molar-refractivity contribution in [2.75, 3.05) is 7.11 Å². The predicted octanol–water partition coefficient (Wildman–Crippen LogP) is 2.46. The van der Waals surface area contributed by atoms with Gasteiger partial charge in [0, 0.05) is 6.42 Å². The van der Waals surface area contributed by atoms with Crippen LogP contribution in [0.25, 0.3) is 0 Å². The highest BCUT2D eigenvalue weighted by molar-refractivity contribution is 5.90. The second-order valence-corrected chi connectivity index (χ2v) is 4.40. The Labute approximate surface area is 107 Å². The summed E-state index contributed by atoms with van der Waals surface area (Å²) in [6.07, 6.45) is 1.10. The van der Waals surface area contributed by atoms with Crippen LogP contribution in [0, 0.1) is 5.82 Å². The first-order chi connectivity index (χ1) is 8.48. The van der Waals surface area contributed by atoms with Crippen LogP contribution in [0.1, 0.15) is 32.3 Å². The largest absolute Gasteiger partial charge is 0.494 e. The van der Waals surface area contributed by atoms with Gasteiger partial charge in [0.2, 0.25) is 0 Å². The van der Waals surface area contributed by atoms with Crippen LogP contribution in [-0.4, -0.2) is 18.4 Å². The van der Waals surface area contributed by atoms with Crippen molar-refractivity contribution in [3.05, 3.63) is 29.6 Å². The minimum absolute atomic E-state index is 0.00120. The van der Waals surface area contributed by atoms with Gasteiger partial charge in [-0.25, -0.2) is 4.39 Å². The Kier molecular flexibility index (Phi) is 4.84. The van der Waals surface area contributed by atoms with Crippen LogP contribution in [0.4, 0.5) is 4.39 Å². The van der Waals surface area contributed by atoms with Gasteiger partial charge in [-0.15, -0.1) is 0 Å². The molecule has 18 heavy (non-hydrogen) atoms. The molecule has 1 rings (SSSR count). The summed E-state index contributed by atoms with van der Waals surface area (Å²) in [5.74, 6) is -0.474. The molecule has 0 atom stereocenters. The maximum atomic E-state index is 13.9. The van der Waals surface area contributed by atoms with E-state index in [0.29, 0.717) is 18.4 Å². The molecule has 0 aliphatic carbocycles. The predicted molar refractivity (Wildman–Crippen MR) is 69.2 cm³/mol. The summed E-state index contributed by atoms with van der Waals surface area (Å²) < 4.78 is 18.8. The first kappa shape index (κ1) is 14.6. The second kappa shape index (κ2) is 5.96. The number of rotatable bonds is 6. The molecule has 0 saturated heterocycles. The number of benzene rings is 1. The standard InChI is InChI=1S/C14H20FNO2/c1-4-14(16,5-2)12(17)9-10-7-6-8-11(18-3)13(10)15/h6-8H,4-5,9,16H2,1-3H3. The normalized spacial score (nSPS) is 11.4. The molecule has 0 amide bonds. The molecule has 1 aromatic rings. The van der Waals surface area contributed by atoms with Gasteiger partial charge < -0.3 is 10.5 Å². The Hall–Kier alpha value is -1.42. The van der Waals surface area contributed by atoms with E-state index < -0.39 is 11.4 Å². The molecule has 100 valence electrons. The highest BCUT2D eigenvalue weighted by Crippen LogP contribution is 2.23. The zero-order chi connectivity index (χ0) is 13.8. The molecule has 3 nitrogen and oxygen atoms in total. The summed E-state index contributed by atoms with van der Waals surface area (Å²) in [5, 5.41) is 0. The summed E-state index contributed by atoms with van der Waals surface area (Å²) in [6.45, 7) is 3.73. The molecule has 0 aliphatic heterocycles. The molecule has 0 spiro atoms. The Morgan fingerprint density at radius 3 is 2.50 bits per heavy atom. The summed E-state index contributed by atoms with van der Waals surface area (Å²) >= 11 is 0. The molecule has 0 aliphatic rings. The molecule has 4 heteroatoms. The lowest BCUT2D eigenvalue weighted by Gasteiger charge is -2.25. The van der Waals surface area contributed by atoms with Crippen LogP contribution >= 0.6 is 0 Å². The Bertz CT molecular complexity index is 428. The maximum absolute atomic E-state index is 13.9. The summed E-state index contributed by atoms with van der Waals surface area (Å²) in [4.78, 5) is 12.1. The van der Waals surface area contributed by atoms with Gasteiger partial charge in [0.15, 0.2) is 17.3 Å². The molecule has 0 radical (unpaired) electrons. The second-order valence-electron chi connectivity index (χ2n) is 4.40. The van der Waals surface area contributed by atoms with Gasteiger partial charge in [0.1, 0.15) is 0 Å². The average molecular weight is 253 g/mol. The number of methoxy groups -OCH3 is 1. The fraction of sp³-hybridized carbons (Fsp3) is 0.500. The van der Waals surface area contributed by atoms with E-state index in [0.717, 1.165) is 0 Å².